The Labute approximate surface area is 94.6 Å². The summed E-state index contributed by atoms with van der Waals surface area (Å²) in [6, 6.07) is 2.80. The molecule has 1 N–H and O–H groups in total. The molecule has 0 saturated carbocycles. The maximum absolute atomic E-state index is 11.9. The minimum atomic E-state index is -4.83. The molecule has 1 aromatic carbocycles. The predicted molar refractivity (Wildman–Crippen MR) is 51.3 cm³/mol. The van der Waals surface area contributed by atoms with Crippen LogP contribution in [0.2, 0.25) is 0 Å². The van der Waals surface area contributed by atoms with Gasteiger partial charge in [0.15, 0.2) is 0 Å². The fourth-order valence-electron chi connectivity index (χ4n) is 1.15. The van der Waals surface area contributed by atoms with E-state index < -0.39 is 18.1 Å². The summed E-state index contributed by atoms with van der Waals surface area (Å²) in [4.78, 5) is 10.8. The highest BCUT2D eigenvalue weighted by Gasteiger charge is 2.31. The Bertz CT molecular complexity index is 415. The summed E-state index contributed by atoms with van der Waals surface area (Å²) in [5, 5.41) is 8.77. The van der Waals surface area contributed by atoms with E-state index >= 15 is 0 Å². The first-order valence-corrected chi connectivity index (χ1v) is 4.59. The Balaban J connectivity index is 3.05. The molecule has 0 aromatic heterocycles. The van der Waals surface area contributed by atoms with E-state index in [0.717, 1.165) is 18.2 Å². The maximum Gasteiger partial charge on any atom is 0.573 e. The van der Waals surface area contributed by atoms with Crippen LogP contribution < -0.4 is 9.47 Å². The monoisotopic (exact) mass is 250 g/mol. The highest BCUT2D eigenvalue weighted by Crippen LogP contribution is 2.29. The minimum Gasteiger partial charge on any atom is -0.493 e. The molecular weight excluding hydrogens is 241 g/mol. The lowest BCUT2D eigenvalue weighted by molar-refractivity contribution is -0.274. The summed E-state index contributed by atoms with van der Waals surface area (Å²) in [5.41, 5.74) is -0.221. The molecule has 17 heavy (non-hydrogen) atoms. The standard InChI is InChI=1S/C10H9F3O4/c1-2-16-8-5-6(17-10(11,12)13)3-4-7(8)9(14)15/h3-5H,2H2,1H3,(H,14,15). The topological polar surface area (TPSA) is 55.8 Å². The molecule has 0 aliphatic heterocycles. The number of hydrogen-bond donors (Lipinski definition) is 1. The second-order valence-electron chi connectivity index (χ2n) is 2.94. The van der Waals surface area contributed by atoms with Gasteiger partial charge in [-0.2, -0.15) is 0 Å². The van der Waals surface area contributed by atoms with E-state index in [9.17, 15) is 18.0 Å². The van der Waals surface area contributed by atoms with Crippen molar-refractivity contribution < 1.29 is 32.5 Å². The number of carbonyl (C=O) groups is 1. The third-order valence-electron chi connectivity index (χ3n) is 1.72. The zero-order chi connectivity index (χ0) is 13.1. The Morgan fingerprint density at radius 2 is 2.06 bits per heavy atom. The summed E-state index contributed by atoms with van der Waals surface area (Å²) < 4.78 is 44.4. The summed E-state index contributed by atoms with van der Waals surface area (Å²) in [7, 11) is 0. The number of rotatable bonds is 4. The largest absolute Gasteiger partial charge is 0.573 e. The fraction of sp³-hybridized carbons (Fsp3) is 0.300. The quantitative estimate of drug-likeness (QED) is 0.892. The van der Waals surface area contributed by atoms with Gasteiger partial charge in [0.2, 0.25) is 0 Å². The summed E-state index contributed by atoms with van der Waals surface area (Å²) in [6.45, 7) is 1.72. The van der Waals surface area contributed by atoms with Gasteiger partial charge in [0.1, 0.15) is 17.1 Å². The van der Waals surface area contributed by atoms with Crippen molar-refractivity contribution >= 4 is 5.97 Å². The maximum atomic E-state index is 11.9. The minimum absolute atomic E-state index is 0.135. The van der Waals surface area contributed by atoms with Crippen LogP contribution in [0.15, 0.2) is 18.2 Å². The van der Waals surface area contributed by atoms with E-state index in [-0.39, 0.29) is 17.9 Å². The molecule has 0 unspecified atom stereocenters. The highest BCUT2D eigenvalue weighted by atomic mass is 19.4. The molecule has 94 valence electrons. The molecule has 7 heteroatoms. The van der Waals surface area contributed by atoms with Crippen LogP contribution in [-0.2, 0) is 0 Å². The zero-order valence-corrected chi connectivity index (χ0v) is 8.75. The van der Waals surface area contributed by atoms with Gasteiger partial charge in [0.25, 0.3) is 0 Å². The molecular formula is C10H9F3O4. The molecule has 0 atom stereocenters. The molecule has 0 amide bonds. The Hall–Kier alpha value is -1.92. The molecule has 1 rings (SSSR count). The zero-order valence-electron chi connectivity index (χ0n) is 8.75. The van der Waals surface area contributed by atoms with E-state index in [0.29, 0.717) is 0 Å². The number of halogens is 3. The van der Waals surface area contributed by atoms with Crippen molar-refractivity contribution in [2.45, 2.75) is 13.3 Å². The van der Waals surface area contributed by atoms with Crippen LogP contribution in [-0.4, -0.2) is 24.0 Å². The van der Waals surface area contributed by atoms with E-state index in [4.69, 9.17) is 9.84 Å². The third kappa shape index (κ3) is 3.86. The van der Waals surface area contributed by atoms with Gasteiger partial charge in [-0.3, -0.25) is 0 Å². The Morgan fingerprint density at radius 3 is 2.53 bits per heavy atom. The van der Waals surface area contributed by atoms with Gasteiger partial charge < -0.3 is 14.6 Å². The first-order chi connectivity index (χ1) is 7.83. The second-order valence-corrected chi connectivity index (χ2v) is 2.94. The first kappa shape index (κ1) is 13.1. The van der Waals surface area contributed by atoms with Crippen LogP contribution in [0.3, 0.4) is 0 Å². The van der Waals surface area contributed by atoms with Crippen LogP contribution in [0.25, 0.3) is 0 Å². The summed E-state index contributed by atoms with van der Waals surface area (Å²) >= 11 is 0. The van der Waals surface area contributed by atoms with E-state index in [1.807, 2.05) is 0 Å². The van der Waals surface area contributed by atoms with Gasteiger partial charge in [-0.05, 0) is 19.1 Å². The van der Waals surface area contributed by atoms with Gasteiger partial charge in [-0.15, -0.1) is 13.2 Å². The van der Waals surface area contributed by atoms with Crippen LogP contribution in [0.1, 0.15) is 17.3 Å². The van der Waals surface area contributed by atoms with Crippen molar-refractivity contribution in [3.8, 4) is 11.5 Å². The average molecular weight is 250 g/mol. The van der Waals surface area contributed by atoms with Crippen molar-refractivity contribution in [2.24, 2.45) is 0 Å². The van der Waals surface area contributed by atoms with Gasteiger partial charge in [-0.25, -0.2) is 4.79 Å². The normalized spacial score (nSPS) is 11.1. The van der Waals surface area contributed by atoms with E-state index in [1.54, 1.807) is 6.92 Å². The summed E-state index contributed by atoms with van der Waals surface area (Å²) in [6.07, 6.45) is -4.83. The van der Waals surface area contributed by atoms with Gasteiger partial charge >= 0.3 is 12.3 Å². The number of aromatic carboxylic acids is 1. The molecule has 0 aliphatic rings. The smallest absolute Gasteiger partial charge is 0.493 e. The third-order valence-corrected chi connectivity index (χ3v) is 1.72. The molecule has 0 heterocycles. The lowest BCUT2D eigenvalue weighted by Gasteiger charge is -2.12. The molecule has 0 radical (unpaired) electrons. The van der Waals surface area contributed by atoms with Crippen molar-refractivity contribution in [3.05, 3.63) is 23.8 Å². The lowest BCUT2D eigenvalue weighted by atomic mass is 10.2. The number of carboxylic acid groups (broad SMARTS) is 1. The molecule has 0 spiro atoms. The number of ether oxygens (including phenoxy) is 2. The molecule has 0 bridgehead atoms. The lowest BCUT2D eigenvalue weighted by Crippen LogP contribution is -2.17. The SMILES string of the molecule is CCOc1cc(OC(F)(F)F)ccc1C(=O)O. The number of hydrogen-bond acceptors (Lipinski definition) is 3. The van der Waals surface area contributed by atoms with Crippen molar-refractivity contribution in [1.82, 2.24) is 0 Å². The van der Waals surface area contributed by atoms with E-state index in [1.165, 1.54) is 0 Å². The van der Waals surface area contributed by atoms with Crippen molar-refractivity contribution in [3.63, 3.8) is 0 Å². The van der Waals surface area contributed by atoms with Crippen LogP contribution in [0.5, 0.6) is 11.5 Å². The second kappa shape index (κ2) is 4.94. The van der Waals surface area contributed by atoms with Gasteiger partial charge in [0.05, 0.1) is 6.61 Å². The Morgan fingerprint density at radius 1 is 1.41 bits per heavy atom. The molecule has 0 fully saturated rings. The van der Waals surface area contributed by atoms with Crippen molar-refractivity contribution in [1.29, 1.82) is 0 Å². The number of benzene rings is 1. The van der Waals surface area contributed by atoms with Gasteiger partial charge in [0, 0.05) is 6.07 Å². The number of alkyl halides is 3. The molecule has 0 saturated heterocycles. The average Bonchev–Trinajstić information content (AvgIpc) is 2.15. The van der Waals surface area contributed by atoms with E-state index in [2.05, 4.69) is 4.74 Å². The van der Waals surface area contributed by atoms with Crippen LogP contribution in [0, 0.1) is 0 Å². The molecule has 0 aliphatic carbocycles. The predicted octanol–water partition coefficient (Wildman–Crippen LogP) is 2.68. The number of carboxylic acids is 1. The van der Waals surface area contributed by atoms with Gasteiger partial charge in [-0.1, -0.05) is 0 Å². The molecule has 4 nitrogen and oxygen atoms in total. The highest BCUT2D eigenvalue weighted by molar-refractivity contribution is 5.91. The Kier molecular flexibility index (Phi) is 3.82. The summed E-state index contributed by atoms with van der Waals surface area (Å²) in [5.74, 6) is -1.97. The fourth-order valence-corrected chi connectivity index (χ4v) is 1.15. The van der Waals surface area contributed by atoms with Crippen LogP contribution >= 0.6 is 0 Å². The van der Waals surface area contributed by atoms with Crippen molar-refractivity contribution in [2.75, 3.05) is 6.61 Å². The molecule has 1 aromatic rings. The van der Waals surface area contributed by atoms with Crippen LogP contribution in [0.4, 0.5) is 13.2 Å². The first-order valence-electron chi connectivity index (χ1n) is 4.59.